The van der Waals surface area contributed by atoms with Gasteiger partial charge in [-0.05, 0) is 67.3 Å². The van der Waals surface area contributed by atoms with Crippen molar-refractivity contribution in [2.24, 2.45) is 10.2 Å². The Morgan fingerprint density at radius 1 is 0.735 bits per heavy atom. The first-order valence-corrected chi connectivity index (χ1v) is 11.4. The first kappa shape index (κ1) is 27.1. The number of nitrogens with one attached hydrogen (secondary N) is 2. The average Bonchev–Trinajstić information content (AvgIpc) is 2.81. The van der Waals surface area contributed by atoms with E-state index in [4.69, 9.17) is 18.9 Å². The molecule has 0 aliphatic rings. The van der Waals surface area contributed by atoms with Crippen molar-refractivity contribution in [3.8, 4) is 23.0 Å². The summed E-state index contributed by atoms with van der Waals surface area (Å²) in [6.07, 6.45) is 2.79. The lowest BCUT2D eigenvalue weighted by Crippen LogP contribution is -2.22. The number of hydrogen-bond donors (Lipinski definition) is 2. The number of methoxy groups -OCH3 is 4. The van der Waals surface area contributed by atoms with Gasteiger partial charge in [0.25, 0.3) is 0 Å². The van der Waals surface area contributed by atoms with E-state index in [9.17, 15) is 9.59 Å². The lowest BCUT2D eigenvalue weighted by Gasteiger charge is -2.10. The summed E-state index contributed by atoms with van der Waals surface area (Å²) in [7, 11) is 6.12. The second kappa shape index (κ2) is 13.6. The van der Waals surface area contributed by atoms with Gasteiger partial charge in [0, 0.05) is 12.8 Å². The van der Waals surface area contributed by atoms with E-state index in [1.54, 1.807) is 24.3 Å². The number of hydrogen-bond acceptors (Lipinski definition) is 8. The van der Waals surface area contributed by atoms with E-state index in [-0.39, 0.29) is 12.8 Å². The molecule has 0 saturated carbocycles. The van der Waals surface area contributed by atoms with Crippen molar-refractivity contribution in [1.29, 1.82) is 0 Å². The van der Waals surface area contributed by atoms with Gasteiger partial charge in [0.15, 0.2) is 23.0 Å². The number of nitrogens with zero attached hydrogens (tertiary/aromatic N) is 2. The zero-order chi connectivity index (χ0) is 25.1. The third-order valence-electron chi connectivity index (χ3n) is 4.30. The van der Waals surface area contributed by atoms with Gasteiger partial charge in [-0.2, -0.15) is 10.2 Å². The molecule has 2 amide bonds. The van der Waals surface area contributed by atoms with Crippen molar-refractivity contribution in [3.05, 3.63) is 44.3 Å². The molecule has 0 aliphatic carbocycles. The summed E-state index contributed by atoms with van der Waals surface area (Å²) in [5, 5.41) is 7.80. The molecule has 0 radical (unpaired) electrons. The molecule has 0 bridgehead atoms. The maximum atomic E-state index is 12.0. The molecule has 0 spiro atoms. The normalized spacial score (nSPS) is 10.9. The Kier molecular flexibility index (Phi) is 10.8. The Morgan fingerprint density at radius 2 is 1.12 bits per heavy atom. The van der Waals surface area contributed by atoms with Gasteiger partial charge >= 0.3 is 0 Å². The number of rotatable bonds is 11. The van der Waals surface area contributed by atoms with Crippen molar-refractivity contribution >= 4 is 56.1 Å². The number of carbonyl (C=O) groups is 2. The number of amides is 2. The van der Waals surface area contributed by atoms with Crippen LogP contribution in [0.3, 0.4) is 0 Å². The first-order valence-electron chi connectivity index (χ1n) is 9.79. The topological polar surface area (TPSA) is 120 Å². The minimum atomic E-state index is -0.418. The van der Waals surface area contributed by atoms with Crippen molar-refractivity contribution in [2.45, 2.75) is 12.8 Å². The fourth-order valence-electron chi connectivity index (χ4n) is 2.72. The Bertz CT molecular complexity index is 1010. The molecule has 0 atom stereocenters. The van der Waals surface area contributed by atoms with Gasteiger partial charge in [0.2, 0.25) is 11.8 Å². The molecule has 0 aromatic heterocycles. The molecule has 0 heterocycles. The van der Waals surface area contributed by atoms with Crippen LogP contribution in [0.4, 0.5) is 0 Å². The minimum absolute atomic E-state index is 0.0593. The van der Waals surface area contributed by atoms with E-state index in [1.165, 1.54) is 40.9 Å². The predicted octanol–water partition coefficient (Wildman–Crippen LogP) is 3.63. The highest BCUT2D eigenvalue weighted by molar-refractivity contribution is 9.11. The fourth-order valence-corrected chi connectivity index (χ4v) is 3.96. The fraction of sp³-hybridized carbons (Fsp3) is 0.273. The van der Waals surface area contributed by atoms with E-state index in [0.717, 1.165) is 0 Å². The van der Waals surface area contributed by atoms with E-state index in [1.807, 2.05) is 0 Å². The number of hydrazone groups is 2. The lowest BCUT2D eigenvalue weighted by atomic mass is 10.2. The van der Waals surface area contributed by atoms with Gasteiger partial charge < -0.3 is 18.9 Å². The van der Waals surface area contributed by atoms with Gasteiger partial charge in [-0.25, -0.2) is 10.9 Å². The molecule has 0 unspecified atom stereocenters. The van der Waals surface area contributed by atoms with Crippen LogP contribution < -0.4 is 29.8 Å². The molecule has 182 valence electrons. The van der Waals surface area contributed by atoms with Crippen molar-refractivity contribution in [1.82, 2.24) is 10.9 Å². The van der Waals surface area contributed by atoms with Crippen LogP contribution in [0.25, 0.3) is 0 Å². The zero-order valence-electron chi connectivity index (χ0n) is 19.0. The quantitative estimate of drug-likeness (QED) is 0.301. The van der Waals surface area contributed by atoms with E-state index < -0.39 is 11.8 Å². The van der Waals surface area contributed by atoms with Crippen LogP contribution in [-0.2, 0) is 9.59 Å². The van der Waals surface area contributed by atoms with Crippen LogP contribution in [0.15, 0.2) is 43.4 Å². The maximum absolute atomic E-state index is 12.0. The van der Waals surface area contributed by atoms with Crippen LogP contribution in [0.2, 0.25) is 0 Å². The summed E-state index contributed by atoms with van der Waals surface area (Å²) in [6, 6.07) is 6.95. The summed E-state index contributed by atoms with van der Waals surface area (Å²) >= 11 is 6.78. The monoisotopic (exact) mass is 598 g/mol. The Morgan fingerprint density at radius 3 is 1.44 bits per heavy atom. The van der Waals surface area contributed by atoms with Gasteiger partial charge in [0.05, 0.1) is 49.8 Å². The largest absolute Gasteiger partial charge is 0.493 e. The van der Waals surface area contributed by atoms with Crippen LogP contribution in [0, 0.1) is 0 Å². The smallest absolute Gasteiger partial charge is 0.240 e. The second-order valence-electron chi connectivity index (χ2n) is 6.56. The lowest BCUT2D eigenvalue weighted by molar-refractivity contribution is -0.126. The highest BCUT2D eigenvalue weighted by Crippen LogP contribution is 2.36. The highest BCUT2D eigenvalue weighted by Gasteiger charge is 2.11. The number of benzene rings is 2. The summed E-state index contributed by atoms with van der Waals surface area (Å²) in [5.74, 6) is 1.30. The van der Waals surface area contributed by atoms with Crippen LogP contribution in [-0.4, -0.2) is 52.7 Å². The van der Waals surface area contributed by atoms with Crippen LogP contribution in [0.5, 0.6) is 23.0 Å². The summed E-state index contributed by atoms with van der Waals surface area (Å²) in [4.78, 5) is 23.9. The Labute approximate surface area is 213 Å². The first-order chi connectivity index (χ1) is 16.3. The maximum Gasteiger partial charge on any atom is 0.240 e. The third kappa shape index (κ3) is 7.73. The van der Waals surface area contributed by atoms with Gasteiger partial charge in [-0.3, -0.25) is 9.59 Å². The van der Waals surface area contributed by atoms with Gasteiger partial charge in [-0.15, -0.1) is 0 Å². The summed E-state index contributed by atoms with van der Waals surface area (Å²) < 4.78 is 22.4. The van der Waals surface area contributed by atoms with Crippen molar-refractivity contribution in [2.75, 3.05) is 28.4 Å². The minimum Gasteiger partial charge on any atom is -0.493 e. The average molecular weight is 600 g/mol. The standard InChI is InChI=1S/C22H24Br2N4O6/c1-31-17-9-13(7-15(23)21(17)33-3)11-25-27-19(29)5-6-20(30)28-26-12-14-8-16(24)22(34-4)18(10-14)32-2/h7-12H,5-6H2,1-4H3,(H,27,29)(H,28,30)/b25-11+,26-12+. The molecule has 34 heavy (non-hydrogen) atoms. The molecule has 2 N–H and O–H groups in total. The molecule has 0 saturated heterocycles. The predicted molar refractivity (Wildman–Crippen MR) is 135 cm³/mol. The van der Waals surface area contributed by atoms with E-state index >= 15 is 0 Å². The van der Waals surface area contributed by atoms with E-state index in [2.05, 4.69) is 52.9 Å². The number of ether oxygens (including phenoxy) is 4. The molecule has 2 aromatic rings. The zero-order valence-corrected chi connectivity index (χ0v) is 22.2. The molecular formula is C22H24Br2N4O6. The van der Waals surface area contributed by atoms with Gasteiger partial charge in [-0.1, -0.05) is 0 Å². The molecule has 2 aromatic carbocycles. The van der Waals surface area contributed by atoms with Crippen LogP contribution in [0.1, 0.15) is 24.0 Å². The summed E-state index contributed by atoms with van der Waals surface area (Å²) in [5.41, 5.74) is 6.11. The Hall–Kier alpha value is -3.12. The van der Waals surface area contributed by atoms with E-state index in [0.29, 0.717) is 43.1 Å². The van der Waals surface area contributed by atoms with Crippen molar-refractivity contribution < 1.29 is 28.5 Å². The molecule has 10 nitrogen and oxygen atoms in total. The molecule has 12 heteroatoms. The highest BCUT2D eigenvalue weighted by atomic mass is 79.9. The SMILES string of the molecule is COc1cc(/C=N/NC(=O)CCC(=O)N/N=C/c2cc(Br)c(OC)c(OC)c2)cc(Br)c1OC. The third-order valence-corrected chi connectivity index (χ3v) is 5.47. The second-order valence-corrected chi connectivity index (χ2v) is 8.27. The molecule has 0 aliphatic heterocycles. The molecule has 2 rings (SSSR count). The molecule has 0 fully saturated rings. The number of carbonyl (C=O) groups excluding carboxylic acids is 2. The van der Waals surface area contributed by atoms with Gasteiger partial charge in [0.1, 0.15) is 0 Å². The summed E-state index contributed by atoms with van der Waals surface area (Å²) in [6.45, 7) is 0. The van der Waals surface area contributed by atoms with Crippen LogP contribution >= 0.6 is 31.9 Å². The number of halogens is 2. The Balaban J connectivity index is 1.83. The van der Waals surface area contributed by atoms with Crippen molar-refractivity contribution in [3.63, 3.8) is 0 Å². The molecular weight excluding hydrogens is 576 g/mol.